The molecule has 3 rings (SSSR count). The van der Waals surface area contributed by atoms with Crippen molar-refractivity contribution in [1.29, 1.82) is 5.26 Å². The number of nitrogens with one attached hydrogen (secondary N) is 2. The first-order valence-corrected chi connectivity index (χ1v) is 9.52. The molecule has 0 radical (unpaired) electrons. The Morgan fingerprint density at radius 1 is 1.15 bits per heavy atom. The number of benzene rings is 2. The van der Waals surface area contributed by atoms with Gasteiger partial charge in [-0.15, -0.1) is 0 Å². The van der Waals surface area contributed by atoms with E-state index in [0.29, 0.717) is 11.5 Å². The number of thiocarbonyl (C=S) groups is 1. The van der Waals surface area contributed by atoms with Crippen molar-refractivity contribution < 1.29 is 4.74 Å². The lowest BCUT2D eigenvalue weighted by Crippen LogP contribution is -2.36. The second-order valence-corrected chi connectivity index (χ2v) is 6.95. The predicted octanol–water partition coefficient (Wildman–Crippen LogP) is 3.64. The molecular formula is C21H24N4OS. The highest BCUT2D eigenvalue weighted by molar-refractivity contribution is 7.80. The Morgan fingerprint density at radius 2 is 1.81 bits per heavy atom. The molecule has 1 unspecified atom stereocenters. The molecule has 1 aliphatic rings. The number of nitrogens with zero attached hydrogens (tertiary/aromatic N) is 2. The van der Waals surface area contributed by atoms with Gasteiger partial charge in [-0.2, -0.15) is 5.26 Å². The van der Waals surface area contributed by atoms with Gasteiger partial charge in [0.05, 0.1) is 31.7 Å². The third-order valence-electron chi connectivity index (χ3n) is 4.61. The van der Waals surface area contributed by atoms with E-state index in [4.69, 9.17) is 22.2 Å². The van der Waals surface area contributed by atoms with Crippen molar-refractivity contribution in [2.24, 2.45) is 0 Å². The summed E-state index contributed by atoms with van der Waals surface area (Å²) in [5, 5.41) is 15.8. The summed E-state index contributed by atoms with van der Waals surface area (Å²) < 4.78 is 5.41. The predicted molar refractivity (Wildman–Crippen MR) is 113 cm³/mol. The van der Waals surface area contributed by atoms with Gasteiger partial charge in [-0.05, 0) is 54.5 Å². The van der Waals surface area contributed by atoms with E-state index in [1.807, 2.05) is 24.3 Å². The van der Waals surface area contributed by atoms with E-state index in [2.05, 4.69) is 52.8 Å². The number of rotatable bonds is 5. The average molecular weight is 381 g/mol. The van der Waals surface area contributed by atoms with Gasteiger partial charge >= 0.3 is 0 Å². The number of anilines is 2. The van der Waals surface area contributed by atoms with Crippen LogP contribution >= 0.6 is 12.2 Å². The molecule has 1 aliphatic heterocycles. The Hall–Kier alpha value is -2.62. The van der Waals surface area contributed by atoms with Gasteiger partial charge < -0.3 is 20.3 Å². The monoisotopic (exact) mass is 380 g/mol. The molecule has 0 saturated carbocycles. The molecule has 0 amide bonds. The number of hydrogen-bond acceptors (Lipinski definition) is 4. The molecule has 6 heteroatoms. The lowest BCUT2D eigenvalue weighted by Gasteiger charge is -2.29. The van der Waals surface area contributed by atoms with Crippen LogP contribution in [0.5, 0.6) is 0 Å². The number of hydrogen-bond donors (Lipinski definition) is 2. The third-order valence-corrected chi connectivity index (χ3v) is 4.83. The largest absolute Gasteiger partial charge is 0.378 e. The van der Waals surface area contributed by atoms with Crippen LogP contribution in [-0.2, 0) is 11.2 Å². The summed E-state index contributed by atoms with van der Waals surface area (Å²) in [6.07, 6.45) is 0.417. The molecule has 0 spiro atoms. The van der Waals surface area contributed by atoms with Gasteiger partial charge in [0.2, 0.25) is 0 Å². The number of nitriles is 1. The third kappa shape index (κ3) is 5.43. The van der Waals surface area contributed by atoms with Crippen LogP contribution in [0.4, 0.5) is 11.4 Å². The summed E-state index contributed by atoms with van der Waals surface area (Å²) >= 11 is 5.43. The molecule has 2 N–H and O–H groups in total. The lowest BCUT2D eigenvalue weighted by atomic mass is 10.1. The van der Waals surface area contributed by atoms with E-state index in [1.54, 1.807) is 0 Å². The molecule has 0 bridgehead atoms. The molecule has 2 aromatic carbocycles. The van der Waals surface area contributed by atoms with E-state index in [0.717, 1.165) is 37.6 Å². The Morgan fingerprint density at radius 3 is 2.44 bits per heavy atom. The minimum Gasteiger partial charge on any atom is -0.378 e. The summed E-state index contributed by atoms with van der Waals surface area (Å²) in [6, 6.07) is 18.6. The summed E-state index contributed by atoms with van der Waals surface area (Å²) in [5.41, 5.74) is 4.31. The lowest BCUT2D eigenvalue weighted by molar-refractivity contribution is 0.122. The SMILES string of the molecule is CC(NC(=S)Nc1ccc(CC#N)cc1)c1ccc(N2CCOCC2)cc1. The zero-order chi connectivity index (χ0) is 19.1. The minimum absolute atomic E-state index is 0.0987. The van der Waals surface area contributed by atoms with Crippen molar-refractivity contribution in [3.63, 3.8) is 0 Å². The highest BCUT2D eigenvalue weighted by atomic mass is 32.1. The summed E-state index contributed by atoms with van der Waals surface area (Å²) in [7, 11) is 0. The van der Waals surface area contributed by atoms with Gasteiger partial charge in [-0.3, -0.25) is 0 Å². The fraction of sp³-hybridized carbons (Fsp3) is 0.333. The molecule has 1 saturated heterocycles. The normalized spacial score (nSPS) is 14.9. The van der Waals surface area contributed by atoms with Gasteiger partial charge in [0.15, 0.2) is 5.11 Å². The van der Waals surface area contributed by atoms with Crippen molar-refractivity contribution in [2.75, 3.05) is 36.5 Å². The van der Waals surface area contributed by atoms with Crippen LogP contribution in [-0.4, -0.2) is 31.4 Å². The zero-order valence-corrected chi connectivity index (χ0v) is 16.3. The quantitative estimate of drug-likeness (QED) is 0.773. The van der Waals surface area contributed by atoms with Crippen LogP contribution in [0.1, 0.15) is 24.1 Å². The van der Waals surface area contributed by atoms with E-state index in [1.165, 1.54) is 11.3 Å². The van der Waals surface area contributed by atoms with Gasteiger partial charge in [0.1, 0.15) is 0 Å². The van der Waals surface area contributed by atoms with Crippen molar-refractivity contribution in [2.45, 2.75) is 19.4 Å². The van der Waals surface area contributed by atoms with E-state index < -0.39 is 0 Å². The highest BCUT2D eigenvalue weighted by Gasteiger charge is 2.12. The maximum absolute atomic E-state index is 8.73. The smallest absolute Gasteiger partial charge is 0.171 e. The first kappa shape index (κ1) is 19.2. The second kappa shape index (κ2) is 9.36. The Balaban J connectivity index is 1.53. The molecule has 140 valence electrons. The molecule has 0 aliphatic carbocycles. The summed E-state index contributed by atoms with van der Waals surface area (Å²) in [5.74, 6) is 0. The van der Waals surface area contributed by atoms with Crippen molar-refractivity contribution in [3.05, 3.63) is 59.7 Å². The molecule has 27 heavy (non-hydrogen) atoms. The van der Waals surface area contributed by atoms with E-state index >= 15 is 0 Å². The zero-order valence-electron chi connectivity index (χ0n) is 15.4. The first-order valence-electron chi connectivity index (χ1n) is 9.12. The molecule has 0 aromatic heterocycles. The molecule has 1 heterocycles. The van der Waals surface area contributed by atoms with E-state index in [-0.39, 0.29) is 6.04 Å². The molecule has 1 fully saturated rings. The van der Waals surface area contributed by atoms with Crippen LogP contribution < -0.4 is 15.5 Å². The van der Waals surface area contributed by atoms with Crippen molar-refractivity contribution in [1.82, 2.24) is 5.32 Å². The maximum atomic E-state index is 8.73. The molecule has 5 nitrogen and oxygen atoms in total. The molecule has 2 aromatic rings. The molecular weight excluding hydrogens is 356 g/mol. The second-order valence-electron chi connectivity index (χ2n) is 6.54. The van der Waals surface area contributed by atoms with Crippen LogP contribution in [0.3, 0.4) is 0 Å². The van der Waals surface area contributed by atoms with Crippen LogP contribution in [0.25, 0.3) is 0 Å². The van der Waals surface area contributed by atoms with Gasteiger partial charge in [0, 0.05) is 24.5 Å². The Labute approximate surface area is 165 Å². The summed E-state index contributed by atoms with van der Waals surface area (Å²) in [6.45, 7) is 5.55. The van der Waals surface area contributed by atoms with Gasteiger partial charge in [0.25, 0.3) is 0 Å². The first-order chi connectivity index (χ1) is 13.2. The van der Waals surface area contributed by atoms with Crippen molar-refractivity contribution >= 4 is 28.7 Å². The van der Waals surface area contributed by atoms with E-state index in [9.17, 15) is 0 Å². The Bertz CT molecular complexity index is 792. The summed E-state index contributed by atoms with van der Waals surface area (Å²) in [4.78, 5) is 2.34. The van der Waals surface area contributed by atoms with Crippen LogP contribution in [0.15, 0.2) is 48.5 Å². The topological polar surface area (TPSA) is 60.3 Å². The minimum atomic E-state index is 0.0987. The van der Waals surface area contributed by atoms with Crippen LogP contribution in [0.2, 0.25) is 0 Å². The fourth-order valence-corrected chi connectivity index (χ4v) is 3.33. The highest BCUT2D eigenvalue weighted by Crippen LogP contribution is 2.20. The van der Waals surface area contributed by atoms with Gasteiger partial charge in [-0.25, -0.2) is 0 Å². The number of ether oxygens (including phenoxy) is 1. The van der Waals surface area contributed by atoms with Crippen LogP contribution in [0, 0.1) is 11.3 Å². The molecule has 1 atom stereocenters. The van der Waals surface area contributed by atoms with Crippen molar-refractivity contribution in [3.8, 4) is 6.07 Å². The maximum Gasteiger partial charge on any atom is 0.171 e. The standard InChI is InChI=1S/C21H24N4OS/c1-16(18-4-8-20(9-5-18)25-12-14-26-15-13-25)23-21(27)24-19-6-2-17(3-7-19)10-11-22/h2-9,16H,10,12-15H2,1H3,(H2,23,24,27). The fourth-order valence-electron chi connectivity index (χ4n) is 3.04. The Kier molecular flexibility index (Phi) is 6.64. The van der Waals surface area contributed by atoms with Gasteiger partial charge in [-0.1, -0.05) is 24.3 Å². The number of morpholine rings is 1. The average Bonchev–Trinajstić information content (AvgIpc) is 2.70.